The van der Waals surface area contributed by atoms with Gasteiger partial charge in [0.25, 0.3) is 0 Å². The molecule has 1 unspecified atom stereocenters. The number of carbonyl (C=O) groups excluding carboxylic acids is 1. The Kier molecular flexibility index (Phi) is 4.60. The fourth-order valence-electron chi connectivity index (χ4n) is 4.09. The van der Waals surface area contributed by atoms with Crippen LogP contribution in [0.25, 0.3) is 0 Å². The van der Waals surface area contributed by atoms with Crippen LogP contribution < -0.4 is 4.90 Å². The van der Waals surface area contributed by atoms with E-state index in [1.54, 1.807) is 0 Å². The maximum atomic E-state index is 12.8. The molecule has 142 valence electrons. The molecule has 6 nitrogen and oxygen atoms in total. The van der Waals surface area contributed by atoms with E-state index in [0.29, 0.717) is 26.2 Å². The maximum Gasteiger partial charge on any atom is 0.227 e. The van der Waals surface area contributed by atoms with E-state index in [1.165, 1.54) is 0 Å². The highest BCUT2D eigenvalue weighted by atomic mass is 16.5. The summed E-state index contributed by atoms with van der Waals surface area (Å²) in [6, 6.07) is 9.93. The number of fused-ring (bicyclic) bond motifs is 2. The Morgan fingerprint density at radius 1 is 1.26 bits per heavy atom. The van der Waals surface area contributed by atoms with Gasteiger partial charge >= 0.3 is 0 Å². The lowest BCUT2D eigenvalue weighted by atomic mass is 9.80. The average Bonchev–Trinajstić information content (AvgIpc) is 3.08. The van der Waals surface area contributed by atoms with E-state index in [2.05, 4.69) is 4.98 Å². The zero-order chi connectivity index (χ0) is 19.0. The predicted octanol–water partition coefficient (Wildman–Crippen LogP) is 2.09. The normalized spacial score (nSPS) is 21.4. The van der Waals surface area contributed by atoms with Crippen molar-refractivity contribution in [2.75, 3.05) is 38.7 Å². The Balaban J connectivity index is 1.60. The molecule has 1 aromatic carbocycles. The molecule has 3 heterocycles. The van der Waals surface area contributed by atoms with Gasteiger partial charge in [-0.2, -0.15) is 0 Å². The molecule has 27 heavy (non-hydrogen) atoms. The maximum absolute atomic E-state index is 12.8. The fraction of sp³-hybridized carbons (Fsp3) is 0.476. The molecule has 2 aliphatic heterocycles. The Hall–Kier alpha value is -2.47. The van der Waals surface area contributed by atoms with Crippen molar-refractivity contribution < 1.29 is 9.53 Å². The largest absolute Gasteiger partial charge is 0.376 e. The molecule has 1 amide bonds. The number of benzene rings is 1. The van der Waals surface area contributed by atoms with Gasteiger partial charge < -0.3 is 14.5 Å². The Morgan fingerprint density at radius 3 is 2.78 bits per heavy atom. The van der Waals surface area contributed by atoms with Crippen LogP contribution in [0.5, 0.6) is 0 Å². The second kappa shape index (κ2) is 6.93. The summed E-state index contributed by atoms with van der Waals surface area (Å²) in [6.45, 7) is 4.58. The van der Waals surface area contributed by atoms with Crippen molar-refractivity contribution in [3.8, 4) is 0 Å². The van der Waals surface area contributed by atoms with Gasteiger partial charge in [-0.3, -0.25) is 4.79 Å². The quantitative estimate of drug-likeness (QED) is 0.833. The molecular formula is C21H26N4O2. The van der Waals surface area contributed by atoms with E-state index in [-0.39, 0.29) is 11.3 Å². The minimum Gasteiger partial charge on any atom is -0.376 e. The summed E-state index contributed by atoms with van der Waals surface area (Å²) in [5.41, 5.74) is 3.95. The van der Waals surface area contributed by atoms with E-state index in [0.717, 1.165) is 41.4 Å². The molecule has 0 bridgehead atoms. The number of anilines is 1. The van der Waals surface area contributed by atoms with Gasteiger partial charge in [0.15, 0.2) is 0 Å². The zero-order valence-electron chi connectivity index (χ0n) is 16.2. The molecule has 1 fully saturated rings. The Bertz CT molecular complexity index is 853. The summed E-state index contributed by atoms with van der Waals surface area (Å²) >= 11 is 0. The summed E-state index contributed by atoms with van der Waals surface area (Å²) in [5, 5.41) is 0. The van der Waals surface area contributed by atoms with Crippen LogP contribution in [-0.2, 0) is 28.0 Å². The third-order valence-corrected chi connectivity index (χ3v) is 5.63. The van der Waals surface area contributed by atoms with Crippen LogP contribution in [-0.4, -0.2) is 54.6 Å². The minimum atomic E-state index is -0.224. The first-order valence-corrected chi connectivity index (χ1v) is 9.43. The van der Waals surface area contributed by atoms with Crippen LogP contribution in [0.1, 0.15) is 28.9 Å². The van der Waals surface area contributed by atoms with Gasteiger partial charge in [0.05, 0.1) is 30.7 Å². The van der Waals surface area contributed by atoms with E-state index in [1.807, 2.05) is 61.2 Å². The van der Waals surface area contributed by atoms with E-state index < -0.39 is 0 Å². The van der Waals surface area contributed by atoms with Crippen molar-refractivity contribution in [1.82, 2.24) is 14.9 Å². The van der Waals surface area contributed by atoms with Crippen molar-refractivity contribution in [3.05, 3.63) is 52.8 Å². The van der Waals surface area contributed by atoms with Crippen LogP contribution in [0, 0.1) is 6.92 Å². The number of aromatic nitrogens is 2. The smallest absolute Gasteiger partial charge is 0.227 e. The van der Waals surface area contributed by atoms with E-state index in [9.17, 15) is 4.79 Å². The fourth-order valence-corrected chi connectivity index (χ4v) is 4.09. The van der Waals surface area contributed by atoms with Crippen molar-refractivity contribution >= 4 is 11.9 Å². The molecule has 2 aliphatic rings. The molecule has 2 aromatic rings. The monoisotopic (exact) mass is 366 g/mol. The Morgan fingerprint density at radius 2 is 2.04 bits per heavy atom. The first-order valence-electron chi connectivity index (χ1n) is 9.43. The third-order valence-electron chi connectivity index (χ3n) is 5.63. The van der Waals surface area contributed by atoms with Gasteiger partial charge in [-0.1, -0.05) is 30.3 Å². The highest BCUT2D eigenvalue weighted by Gasteiger charge is 2.46. The molecule has 0 radical (unpaired) electrons. The number of hydrogen-bond acceptors (Lipinski definition) is 5. The van der Waals surface area contributed by atoms with Crippen LogP contribution in [0.3, 0.4) is 0 Å². The minimum absolute atomic E-state index is 0.170. The second-order valence-corrected chi connectivity index (χ2v) is 7.83. The van der Waals surface area contributed by atoms with Gasteiger partial charge in [-0.25, -0.2) is 9.97 Å². The first-order chi connectivity index (χ1) is 13.0. The van der Waals surface area contributed by atoms with E-state index >= 15 is 0 Å². The molecule has 1 spiro atoms. The number of ether oxygens (including phenoxy) is 1. The molecule has 1 saturated heterocycles. The summed E-state index contributed by atoms with van der Waals surface area (Å²) < 4.78 is 5.93. The molecule has 4 rings (SSSR count). The molecular weight excluding hydrogens is 340 g/mol. The predicted molar refractivity (Wildman–Crippen MR) is 104 cm³/mol. The van der Waals surface area contributed by atoms with Gasteiger partial charge in [0, 0.05) is 38.4 Å². The summed E-state index contributed by atoms with van der Waals surface area (Å²) in [7, 11) is 3.91. The number of amides is 1. The topological polar surface area (TPSA) is 58.6 Å². The number of aryl methyl sites for hydroxylation is 1. The lowest BCUT2D eigenvalue weighted by Gasteiger charge is -2.35. The Labute approximate surface area is 160 Å². The third kappa shape index (κ3) is 3.30. The lowest BCUT2D eigenvalue weighted by Crippen LogP contribution is -2.42. The second-order valence-electron chi connectivity index (χ2n) is 7.83. The SMILES string of the molecule is Cc1nc(N(C)C)nc2c1COCC21CCN(C(=O)Cc2ccccc2)C1. The van der Waals surface area contributed by atoms with Crippen molar-refractivity contribution in [1.29, 1.82) is 0 Å². The molecule has 0 N–H and O–H groups in total. The van der Waals surface area contributed by atoms with Gasteiger partial charge in [-0.05, 0) is 18.9 Å². The summed E-state index contributed by atoms with van der Waals surface area (Å²) in [6.07, 6.45) is 1.32. The highest BCUT2D eigenvalue weighted by molar-refractivity contribution is 5.79. The highest BCUT2D eigenvalue weighted by Crippen LogP contribution is 2.40. The van der Waals surface area contributed by atoms with Crippen molar-refractivity contribution in [2.24, 2.45) is 0 Å². The summed E-state index contributed by atoms with van der Waals surface area (Å²) in [5.74, 6) is 0.894. The van der Waals surface area contributed by atoms with E-state index in [4.69, 9.17) is 9.72 Å². The summed E-state index contributed by atoms with van der Waals surface area (Å²) in [4.78, 5) is 26.2. The first kappa shape index (κ1) is 17.9. The zero-order valence-corrected chi connectivity index (χ0v) is 16.2. The van der Waals surface area contributed by atoms with Crippen LogP contribution in [0.4, 0.5) is 5.95 Å². The van der Waals surface area contributed by atoms with Crippen LogP contribution in [0.2, 0.25) is 0 Å². The van der Waals surface area contributed by atoms with Gasteiger partial charge in [0.2, 0.25) is 11.9 Å². The lowest BCUT2D eigenvalue weighted by molar-refractivity contribution is -0.129. The molecule has 0 aliphatic carbocycles. The average molecular weight is 366 g/mol. The molecule has 1 aromatic heterocycles. The number of hydrogen-bond donors (Lipinski definition) is 0. The van der Waals surface area contributed by atoms with Crippen LogP contribution >= 0.6 is 0 Å². The van der Waals surface area contributed by atoms with Crippen LogP contribution in [0.15, 0.2) is 30.3 Å². The number of rotatable bonds is 3. The number of carbonyl (C=O) groups is 1. The van der Waals surface area contributed by atoms with Crippen molar-refractivity contribution in [2.45, 2.75) is 31.8 Å². The molecule has 0 saturated carbocycles. The van der Waals surface area contributed by atoms with Gasteiger partial charge in [-0.15, -0.1) is 0 Å². The standard InChI is InChI=1S/C21H26N4O2/c1-15-17-12-27-14-21(19(17)23-20(22-15)24(2)3)9-10-25(13-21)18(26)11-16-7-5-4-6-8-16/h4-8H,9-14H2,1-3H3. The number of nitrogens with zero attached hydrogens (tertiary/aromatic N) is 4. The molecule has 1 atom stereocenters. The molecule has 6 heteroatoms. The van der Waals surface area contributed by atoms with Gasteiger partial charge in [0.1, 0.15) is 0 Å². The van der Waals surface area contributed by atoms with Crippen molar-refractivity contribution in [3.63, 3.8) is 0 Å². The number of likely N-dealkylation sites (tertiary alicyclic amines) is 1.